The molecule has 2 heterocycles. The lowest BCUT2D eigenvalue weighted by atomic mass is 10.2. The second-order valence-electron chi connectivity index (χ2n) is 2.87. The van der Waals surface area contributed by atoms with Gasteiger partial charge in [-0.25, -0.2) is 0 Å². The topological polar surface area (TPSA) is 37.3 Å². The number of hydrogen-bond donors (Lipinski definition) is 1. The van der Waals surface area contributed by atoms with Crippen LogP contribution in [0.1, 0.15) is 12.0 Å². The average molecular weight is 240 g/mol. The number of amidine groups is 1. The Hall–Kier alpha value is -0.900. The van der Waals surface area contributed by atoms with Gasteiger partial charge in [-0.3, -0.25) is 9.98 Å². The van der Waals surface area contributed by atoms with Crippen LogP contribution >= 0.6 is 15.9 Å². The Morgan fingerprint density at radius 1 is 1.46 bits per heavy atom. The van der Waals surface area contributed by atoms with E-state index in [1.54, 1.807) is 12.4 Å². The number of aromatic nitrogens is 1. The fourth-order valence-electron chi connectivity index (χ4n) is 1.28. The maximum atomic E-state index is 4.41. The summed E-state index contributed by atoms with van der Waals surface area (Å²) in [5, 5.41) is 3.27. The molecule has 68 valence electrons. The molecule has 0 spiro atoms. The van der Waals surface area contributed by atoms with Crippen molar-refractivity contribution in [2.45, 2.75) is 6.42 Å². The standard InChI is InChI=1S/C9H10BrN3/c10-8-6-11-5-2-7(8)9-12-3-1-4-13-9/h2,5-6H,1,3-4H2,(H,12,13). The van der Waals surface area contributed by atoms with Crippen LogP contribution in [0.3, 0.4) is 0 Å². The lowest BCUT2D eigenvalue weighted by Crippen LogP contribution is -2.30. The highest BCUT2D eigenvalue weighted by Gasteiger charge is 2.09. The first-order valence-corrected chi connectivity index (χ1v) is 5.05. The molecule has 0 aliphatic carbocycles. The molecule has 0 atom stereocenters. The largest absolute Gasteiger partial charge is 0.370 e. The number of aliphatic imine (C=N–C) groups is 1. The molecule has 13 heavy (non-hydrogen) atoms. The van der Waals surface area contributed by atoms with E-state index in [0.29, 0.717) is 0 Å². The highest BCUT2D eigenvalue weighted by atomic mass is 79.9. The molecule has 0 bridgehead atoms. The highest BCUT2D eigenvalue weighted by Crippen LogP contribution is 2.15. The van der Waals surface area contributed by atoms with E-state index in [2.05, 4.69) is 31.2 Å². The lowest BCUT2D eigenvalue weighted by Gasteiger charge is -2.15. The monoisotopic (exact) mass is 239 g/mol. The Balaban J connectivity index is 2.34. The van der Waals surface area contributed by atoms with E-state index >= 15 is 0 Å². The van der Waals surface area contributed by atoms with Crippen LogP contribution in [0.5, 0.6) is 0 Å². The number of pyridine rings is 1. The number of rotatable bonds is 1. The number of nitrogens with one attached hydrogen (secondary N) is 1. The lowest BCUT2D eigenvalue weighted by molar-refractivity contribution is 0.742. The quantitative estimate of drug-likeness (QED) is 0.809. The third-order valence-corrected chi connectivity index (χ3v) is 2.56. The van der Waals surface area contributed by atoms with Crippen LogP contribution < -0.4 is 5.32 Å². The predicted octanol–water partition coefficient (Wildman–Crippen LogP) is 1.58. The SMILES string of the molecule is Brc1cnccc1C1=NCCCN1. The van der Waals surface area contributed by atoms with Gasteiger partial charge in [0.15, 0.2) is 0 Å². The average Bonchev–Trinajstić information content (AvgIpc) is 2.20. The minimum atomic E-state index is 0.914. The van der Waals surface area contributed by atoms with Crippen molar-refractivity contribution < 1.29 is 0 Å². The van der Waals surface area contributed by atoms with E-state index in [0.717, 1.165) is 35.4 Å². The van der Waals surface area contributed by atoms with Gasteiger partial charge in [0.1, 0.15) is 5.84 Å². The van der Waals surface area contributed by atoms with E-state index in [4.69, 9.17) is 0 Å². The molecule has 0 saturated heterocycles. The zero-order valence-corrected chi connectivity index (χ0v) is 8.71. The van der Waals surface area contributed by atoms with Crippen molar-refractivity contribution in [2.24, 2.45) is 4.99 Å². The molecule has 0 radical (unpaired) electrons. The molecule has 3 nitrogen and oxygen atoms in total. The van der Waals surface area contributed by atoms with Gasteiger partial charge in [0.25, 0.3) is 0 Å². The molecule has 4 heteroatoms. The molecule has 0 unspecified atom stereocenters. The van der Waals surface area contributed by atoms with Gasteiger partial charge >= 0.3 is 0 Å². The Labute approximate surface area is 85.4 Å². The minimum Gasteiger partial charge on any atom is -0.370 e. The summed E-state index contributed by atoms with van der Waals surface area (Å²) in [7, 11) is 0. The van der Waals surface area contributed by atoms with E-state index in [9.17, 15) is 0 Å². The maximum Gasteiger partial charge on any atom is 0.129 e. The van der Waals surface area contributed by atoms with Gasteiger partial charge in [0.2, 0.25) is 0 Å². The number of hydrogen-bond acceptors (Lipinski definition) is 3. The minimum absolute atomic E-state index is 0.914. The number of halogens is 1. The van der Waals surface area contributed by atoms with Crippen LogP contribution in [0.2, 0.25) is 0 Å². The summed E-state index contributed by atoms with van der Waals surface area (Å²) in [5.41, 5.74) is 1.09. The molecular formula is C9H10BrN3. The van der Waals surface area contributed by atoms with Crippen LogP contribution in [-0.2, 0) is 0 Å². The summed E-state index contributed by atoms with van der Waals surface area (Å²) in [6.45, 7) is 1.92. The summed E-state index contributed by atoms with van der Waals surface area (Å²) in [6.07, 6.45) is 4.68. The van der Waals surface area contributed by atoms with Gasteiger partial charge in [0.05, 0.1) is 0 Å². The van der Waals surface area contributed by atoms with Crippen molar-refractivity contribution in [1.82, 2.24) is 10.3 Å². The molecule has 2 rings (SSSR count). The Kier molecular flexibility index (Phi) is 2.59. The van der Waals surface area contributed by atoms with E-state index in [1.807, 2.05) is 6.07 Å². The summed E-state index contributed by atoms with van der Waals surface area (Å²) in [4.78, 5) is 8.42. The van der Waals surface area contributed by atoms with Crippen LogP contribution in [0.15, 0.2) is 27.9 Å². The van der Waals surface area contributed by atoms with Crippen LogP contribution in [0.25, 0.3) is 0 Å². The third-order valence-electron chi connectivity index (χ3n) is 1.92. The van der Waals surface area contributed by atoms with Gasteiger partial charge in [0, 0.05) is 35.5 Å². The Bertz CT molecular complexity index is 335. The van der Waals surface area contributed by atoms with Gasteiger partial charge in [-0.05, 0) is 28.4 Å². The molecule has 0 fully saturated rings. The highest BCUT2D eigenvalue weighted by molar-refractivity contribution is 9.10. The Morgan fingerprint density at radius 2 is 2.38 bits per heavy atom. The third kappa shape index (κ3) is 1.88. The normalized spacial score (nSPS) is 16.2. The van der Waals surface area contributed by atoms with Crippen molar-refractivity contribution in [1.29, 1.82) is 0 Å². The summed E-state index contributed by atoms with van der Waals surface area (Å²) >= 11 is 3.45. The molecule has 0 saturated carbocycles. The van der Waals surface area contributed by atoms with Crippen molar-refractivity contribution in [3.05, 3.63) is 28.5 Å². The molecule has 0 amide bonds. The fourth-order valence-corrected chi connectivity index (χ4v) is 1.72. The first-order valence-electron chi connectivity index (χ1n) is 4.26. The molecule has 1 aliphatic rings. The van der Waals surface area contributed by atoms with E-state index in [-0.39, 0.29) is 0 Å². The zero-order chi connectivity index (χ0) is 9.10. The van der Waals surface area contributed by atoms with Gasteiger partial charge in [-0.15, -0.1) is 0 Å². The Morgan fingerprint density at radius 3 is 3.08 bits per heavy atom. The molecular weight excluding hydrogens is 230 g/mol. The second-order valence-corrected chi connectivity index (χ2v) is 3.72. The first-order chi connectivity index (χ1) is 6.38. The van der Waals surface area contributed by atoms with Crippen molar-refractivity contribution >= 4 is 21.8 Å². The van der Waals surface area contributed by atoms with Crippen molar-refractivity contribution in [2.75, 3.05) is 13.1 Å². The van der Waals surface area contributed by atoms with Crippen molar-refractivity contribution in [3.63, 3.8) is 0 Å². The molecule has 0 aromatic carbocycles. The predicted molar refractivity (Wildman–Crippen MR) is 56.0 cm³/mol. The summed E-state index contributed by atoms with van der Waals surface area (Å²) < 4.78 is 0.989. The van der Waals surface area contributed by atoms with E-state index < -0.39 is 0 Å². The van der Waals surface area contributed by atoms with Gasteiger partial charge in [-0.1, -0.05) is 0 Å². The van der Waals surface area contributed by atoms with Gasteiger partial charge < -0.3 is 5.32 Å². The fraction of sp³-hybridized carbons (Fsp3) is 0.333. The van der Waals surface area contributed by atoms with E-state index in [1.165, 1.54) is 0 Å². The first kappa shape index (κ1) is 8.69. The van der Waals surface area contributed by atoms with Gasteiger partial charge in [-0.2, -0.15) is 0 Å². The van der Waals surface area contributed by atoms with Crippen LogP contribution in [0.4, 0.5) is 0 Å². The summed E-state index contributed by atoms with van der Waals surface area (Å²) in [6, 6.07) is 1.96. The van der Waals surface area contributed by atoms with Crippen LogP contribution in [0, 0.1) is 0 Å². The second kappa shape index (κ2) is 3.87. The molecule has 1 N–H and O–H groups in total. The van der Waals surface area contributed by atoms with Crippen LogP contribution in [-0.4, -0.2) is 23.9 Å². The molecule has 1 aromatic rings. The molecule has 1 aliphatic heterocycles. The maximum absolute atomic E-state index is 4.41. The smallest absolute Gasteiger partial charge is 0.129 e. The number of nitrogens with zero attached hydrogens (tertiary/aromatic N) is 2. The van der Waals surface area contributed by atoms with Crippen molar-refractivity contribution in [3.8, 4) is 0 Å². The zero-order valence-electron chi connectivity index (χ0n) is 7.13. The molecule has 1 aromatic heterocycles. The summed E-state index contributed by atoms with van der Waals surface area (Å²) in [5.74, 6) is 0.973.